The summed E-state index contributed by atoms with van der Waals surface area (Å²) in [6.07, 6.45) is 0. The SMILES string of the molecule is F.O.O.O.O.O.O.[AlH3]. The number of hydrogen-bond donors (Lipinski definition) is 0. The van der Waals surface area contributed by atoms with Gasteiger partial charge in [-0.3, -0.25) is 4.70 Å². The van der Waals surface area contributed by atoms with Crippen LogP contribution in [0.3, 0.4) is 0 Å². The van der Waals surface area contributed by atoms with E-state index in [9.17, 15) is 0 Å². The molecule has 0 aromatic carbocycles. The zero-order chi connectivity index (χ0) is 0. The highest BCUT2D eigenvalue weighted by Gasteiger charge is 0.187. The van der Waals surface area contributed by atoms with Crippen molar-refractivity contribution in [1.82, 2.24) is 0 Å². The maximum absolute atomic E-state index is 0. The van der Waals surface area contributed by atoms with Crippen molar-refractivity contribution in [2.24, 2.45) is 0 Å². The summed E-state index contributed by atoms with van der Waals surface area (Å²) in [4.78, 5) is 0. The summed E-state index contributed by atoms with van der Waals surface area (Å²) in [5.41, 5.74) is 0. The minimum absolute atomic E-state index is 0. The van der Waals surface area contributed by atoms with E-state index < -0.39 is 0 Å². The first-order valence-corrected chi connectivity index (χ1v) is 0. The van der Waals surface area contributed by atoms with Crippen molar-refractivity contribution in [3.63, 3.8) is 0 Å². The standard InChI is InChI=1S/Al.FH.6H2O.3H/h;1H;6*1H2;;;. The molecule has 0 fully saturated rings. The fourth-order valence-electron chi connectivity index (χ4n) is 0. The van der Waals surface area contributed by atoms with E-state index in [0.29, 0.717) is 0 Å². The molecule has 0 saturated heterocycles. The summed E-state index contributed by atoms with van der Waals surface area (Å²) in [7, 11) is 0. The third-order valence-electron chi connectivity index (χ3n) is 0. The molecule has 0 saturated carbocycles. The van der Waals surface area contributed by atoms with Gasteiger partial charge in [-0.25, -0.2) is 0 Å². The molecular formula is H16AlFO6. The lowest BCUT2D eigenvalue weighted by Crippen LogP contribution is -0.381. The summed E-state index contributed by atoms with van der Waals surface area (Å²) in [5.74, 6) is 0. The topological polar surface area (TPSA) is 189 Å². The molecule has 0 radical (unpaired) electrons. The van der Waals surface area contributed by atoms with Gasteiger partial charge in [0.2, 0.25) is 0 Å². The molecule has 0 aliphatic carbocycles. The molecule has 12 N–H and O–H groups in total. The summed E-state index contributed by atoms with van der Waals surface area (Å²) < 4.78 is 0. The van der Waals surface area contributed by atoms with Crippen LogP contribution < -0.4 is 0 Å². The normalized spacial score (nSPS) is 0. The molecule has 0 unspecified atom stereocenters. The van der Waals surface area contributed by atoms with Crippen molar-refractivity contribution in [3.8, 4) is 0 Å². The van der Waals surface area contributed by atoms with Crippen molar-refractivity contribution in [2.45, 2.75) is 0 Å². The molecule has 0 rings (SSSR count). The lowest BCUT2D eigenvalue weighted by molar-refractivity contribution is 0.823. The summed E-state index contributed by atoms with van der Waals surface area (Å²) >= 11 is 0. The number of halogens is 1. The third-order valence-corrected chi connectivity index (χ3v) is 0. The Morgan fingerprint density at radius 3 is 0.375 bits per heavy atom. The second kappa shape index (κ2) is 5650. The van der Waals surface area contributed by atoms with Crippen LogP contribution in [0.1, 0.15) is 0 Å². The maximum Gasteiger partial charge on any atom is 0.187 e. The summed E-state index contributed by atoms with van der Waals surface area (Å²) in [5, 5.41) is 0. The minimum Gasteiger partial charge on any atom is -0.412 e. The van der Waals surface area contributed by atoms with Crippen LogP contribution in [0.25, 0.3) is 0 Å². The van der Waals surface area contributed by atoms with E-state index in [0.717, 1.165) is 0 Å². The Morgan fingerprint density at radius 2 is 0.375 bits per heavy atom. The molecule has 62 valence electrons. The van der Waals surface area contributed by atoms with Gasteiger partial charge >= 0.3 is 0 Å². The molecule has 8 heteroatoms. The first-order valence-electron chi connectivity index (χ1n) is 0. The van der Waals surface area contributed by atoms with Crippen LogP contribution in [0.5, 0.6) is 0 Å². The van der Waals surface area contributed by atoms with Gasteiger partial charge in [-0.05, 0) is 0 Å². The monoisotopic (exact) mass is 158 g/mol. The number of rotatable bonds is 0. The lowest BCUT2D eigenvalue weighted by atomic mass is 16.0. The second-order valence-electron chi connectivity index (χ2n) is 0. The Kier molecular flexibility index (Phi) is 6120000. The van der Waals surface area contributed by atoms with Crippen LogP contribution in [0.15, 0.2) is 0 Å². The third kappa shape index (κ3) is 3430. The largest absolute Gasteiger partial charge is 0.412 e. The van der Waals surface area contributed by atoms with Gasteiger partial charge in [0.15, 0.2) is 17.4 Å². The molecule has 6 nitrogen and oxygen atoms in total. The second-order valence-corrected chi connectivity index (χ2v) is 0. The Bertz CT molecular complexity index is 8.49. The molecule has 0 aliphatic rings. The van der Waals surface area contributed by atoms with Crippen molar-refractivity contribution in [1.29, 1.82) is 0 Å². The Labute approximate surface area is 55.9 Å². The van der Waals surface area contributed by atoms with Gasteiger partial charge in [-0.2, -0.15) is 0 Å². The average Bonchev–Trinajstić information content (AvgIpc) is 0. The first-order chi connectivity index (χ1) is 0. The van der Waals surface area contributed by atoms with Gasteiger partial charge in [0.1, 0.15) is 0 Å². The Morgan fingerprint density at radius 1 is 0.375 bits per heavy atom. The van der Waals surface area contributed by atoms with E-state index in [1.165, 1.54) is 0 Å². The van der Waals surface area contributed by atoms with Gasteiger partial charge in [0.25, 0.3) is 0 Å². The average molecular weight is 158 g/mol. The van der Waals surface area contributed by atoms with Crippen LogP contribution in [0.2, 0.25) is 0 Å². The van der Waals surface area contributed by atoms with Gasteiger partial charge < -0.3 is 32.9 Å². The zero-order valence-corrected chi connectivity index (χ0v) is 3.41. The van der Waals surface area contributed by atoms with Gasteiger partial charge in [0, 0.05) is 0 Å². The quantitative estimate of drug-likeness (QED) is 0.303. The molecule has 0 aliphatic heterocycles. The Balaban J connectivity index is 0. The maximum atomic E-state index is 0. The van der Waals surface area contributed by atoms with Crippen molar-refractivity contribution in [3.05, 3.63) is 0 Å². The van der Waals surface area contributed by atoms with Crippen LogP contribution in [-0.2, 0) is 0 Å². The highest BCUT2D eigenvalue weighted by atomic mass is 27.0. The summed E-state index contributed by atoms with van der Waals surface area (Å²) in [6, 6.07) is 0. The van der Waals surface area contributed by atoms with Crippen LogP contribution in [0, 0.1) is 0 Å². The predicted molar refractivity (Wildman–Crippen MR) is 34.1 cm³/mol. The molecule has 0 bridgehead atoms. The van der Waals surface area contributed by atoms with Crippen molar-refractivity contribution >= 4 is 17.4 Å². The fraction of sp³-hybridized carbons (Fsp3) is 0. The molecule has 0 aromatic heterocycles. The molecule has 8 heavy (non-hydrogen) atoms. The number of hydrogen-bond acceptors (Lipinski definition) is 0. The van der Waals surface area contributed by atoms with Crippen LogP contribution >= 0.6 is 0 Å². The predicted octanol–water partition coefficient (Wildman–Crippen LogP) is -5.98. The molecule has 0 aromatic rings. The van der Waals surface area contributed by atoms with E-state index >= 15 is 0 Å². The first kappa shape index (κ1) is 8670. The van der Waals surface area contributed by atoms with Gasteiger partial charge in [0.05, 0.1) is 0 Å². The zero-order valence-electron chi connectivity index (χ0n) is 3.41. The van der Waals surface area contributed by atoms with E-state index in [-0.39, 0.29) is 54.9 Å². The van der Waals surface area contributed by atoms with E-state index in [1.807, 2.05) is 0 Å². The lowest BCUT2D eigenvalue weighted by Gasteiger charge is -0.413. The molecule has 0 heterocycles. The van der Waals surface area contributed by atoms with E-state index in [4.69, 9.17) is 0 Å². The van der Waals surface area contributed by atoms with E-state index in [1.54, 1.807) is 0 Å². The van der Waals surface area contributed by atoms with Crippen molar-refractivity contribution < 1.29 is 37.6 Å². The van der Waals surface area contributed by atoms with E-state index in [2.05, 4.69) is 0 Å². The smallest absolute Gasteiger partial charge is 0.187 e. The van der Waals surface area contributed by atoms with Crippen molar-refractivity contribution in [2.75, 3.05) is 0 Å². The van der Waals surface area contributed by atoms with Gasteiger partial charge in [-0.15, -0.1) is 0 Å². The fourth-order valence-corrected chi connectivity index (χ4v) is 0. The molecule has 0 amide bonds. The molecule has 0 spiro atoms. The molecular weight excluding hydrogens is 142 g/mol. The van der Waals surface area contributed by atoms with Gasteiger partial charge in [-0.1, -0.05) is 0 Å². The highest BCUT2D eigenvalue weighted by Crippen LogP contribution is 0.420. The Hall–Kier alpha value is 0.222. The van der Waals surface area contributed by atoms with Crippen LogP contribution in [-0.4, -0.2) is 50.2 Å². The highest BCUT2D eigenvalue weighted by molar-refractivity contribution is 5.75. The minimum atomic E-state index is 0. The summed E-state index contributed by atoms with van der Waals surface area (Å²) in [6.45, 7) is 0. The van der Waals surface area contributed by atoms with Crippen LogP contribution in [0.4, 0.5) is 4.70 Å². The molecule has 0 atom stereocenters.